The second kappa shape index (κ2) is 5.20. The Balaban J connectivity index is 1.88. The Labute approximate surface area is 101 Å². The first-order valence-corrected chi connectivity index (χ1v) is 7.59. The van der Waals surface area contributed by atoms with Crippen LogP contribution in [0.1, 0.15) is 18.4 Å². The van der Waals surface area contributed by atoms with E-state index >= 15 is 0 Å². The van der Waals surface area contributed by atoms with Crippen LogP contribution < -0.4 is 11.3 Å². The molecule has 1 aromatic heterocycles. The van der Waals surface area contributed by atoms with Gasteiger partial charge < -0.3 is 4.42 Å². The fourth-order valence-electron chi connectivity index (χ4n) is 2.36. The molecule has 0 aliphatic carbocycles. The predicted octanol–water partition coefficient (Wildman–Crippen LogP) is 0.479. The van der Waals surface area contributed by atoms with Gasteiger partial charge in [-0.25, -0.2) is 8.42 Å². The van der Waals surface area contributed by atoms with E-state index in [1.54, 1.807) is 12.5 Å². The van der Waals surface area contributed by atoms with Gasteiger partial charge in [0.1, 0.15) is 0 Å². The lowest BCUT2D eigenvalue weighted by Crippen LogP contribution is -2.38. The standard InChI is InChI=1S/C11H18N2O3S/c12-13-11(5-9-1-3-16-7-9)6-10-2-4-17(14,15)8-10/h1,3,7,10-11,13H,2,4-6,8,12H2. The van der Waals surface area contributed by atoms with Crippen LogP contribution in [-0.2, 0) is 16.3 Å². The van der Waals surface area contributed by atoms with E-state index < -0.39 is 9.84 Å². The number of nitrogens with one attached hydrogen (secondary N) is 1. The van der Waals surface area contributed by atoms with E-state index in [0.29, 0.717) is 11.5 Å². The van der Waals surface area contributed by atoms with Crippen LogP contribution in [0, 0.1) is 5.92 Å². The van der Waals surface area contributed by atoms with E-state index in [2.05, 4.69) is 5.43 Å². The summed E-state index contributed by atoms with van der Waals surface area (Å²) in [7, 11) is -2.80. The van der Waals surface area contributed by atoms with Crippen molar-refractivity contribution in [3.63, 3.8) is 0 Å². The number of sulfone groups is 1. The number of furan rings is 1. The maximum atomic E-state index is 11.4. The molecule has 2 heterocycles. The number of rotatable bonds is 5. The van der Waals surface area contributed by atoms with Crippen LogP contribution in [0.5, 0.6) is 0 Å². The topological polar surface area (TPSA) is 85.3 Å². The lowest BCUT2D eigenvalue weighted by molar-refractivity contribution is 0.407. The molecule has 3 N–H and O–H groups in total. The van der Waals surface area contributed by atoms with Gasteiger partial charge in [0, 0.05) is 6.04 Å². The quantitative estimate of drug-likeness (QED) is 0.592. The van der Waals surface area contributed by atoms with Gasteiger partial charge in [-0.05, 0) is 36.8 Å². The van der Waals surface area contributed by atoms with E-state index in [0.717, 1.165) is 24.8 Å². The molecule has 1 fully saturated rings. The van der Waals surface area contributed by atoms with E-state index in [-0.39, 0.29) is 12.0 Å². The summed E-state index contributed by atoms with van der Waals surface area (Å²) in [6, 6.07) is 2.00. The van der Waals surface area contributed by atoms with Gasteiger partial charge in [0.2, 0.25) is 0 Å². The molecule has 1 saturated heterocycles. The molecule has 2 atom stereocenters. The molecule has 2 rings (SSSR count). The normalized spacial score (nSPS) is 24.9. The number of hydrazine groups is 1. The average molecular weight is 258 g/mol. The van der Waals surface area contributed by atoms with Crippen molar-refractivity contribution in [1.82, 2.24) is 5.43 Å². The molecule has 1 aromatic rings. The van der Waals surface area contributed by atoms with E-state index in [1.807, 2.05) is 6.07 Å². The van der Waals surface area contributed by atoms with Crippen molar-refractivity contribution in [2.75, 3.05) is 11.5 Å². The van der Waals surface area contributed by atoms with Crippen LogP contribution in [0.2, 0.25) is 0 Å². The maximum absolute atomic E-state index is 11.4. The Morgan fingerprint density at radius 1 is 1.59 bits per heavy atom. The van der Waals surface area contributed by atoms with Gasteiger partial charge in [-0.15, -0.1) is 0 Å². The van der Waals surface area contributed by atoms with E-state index in [4.69, 9.17) is 10.3 Å². The highest BCUT2D eigenvalue weighted by molar-refractivity contribution is 7.91. The molecular weight excluding hydrogens is 240 g/mol. The first-order chi connectivity index (χ1) is 8.09. The molecule has 96 valence electrons. The average Bonchev–Trinajstić information content (AvgIpc) is 2.87. The van der Waals surface area contributed by atoms with Gasteiger partial charge in [-0.3, -0.25) is 11.3 Å². The summed E-state index contributed by atoms with van der Waals surface area (Å²) < 4.78 is 27.7. The minimum absolute atomic E-state index is 0.103. The Kier molecular flexibility index (Phi) is 3.86. The second-order valence-corrected chi connectivity index (χ2v) is 6.93. The molecule has 2 unspecified atom stereocenters. The Hall–Kier alpha value is -0.850. The monoisotopic (exact) mass is 258 g/mol. The molecule has 0 amide bonds. The van der Waals surface area contributed by atoms with Crippen LogP contribution in [-0.4, -0.2) is 26.0 Å². The Morgan fingerprint density at radius 2 is 2.41 bits per heavy atom. The van der Waals surface area contributed by atoms with Gasteiger partial charge in [0.05, 0.1) is 24.0 Å². The Morgan fingerprint density at radius 3 is 2.94 bits per heavy atom. The molecule has 0 bridgehead atoms. The predicted molar refractivity (Wildman–Crippen MR) is 64.9 cm³/mol. The van der Waals surface area contributed by atoms with Crippen molar-refractivity contribution in [2.24, 2.45) is 11.8 Å². The summed E-state index contributed by atoms with van der Waals surface area (Å²) in [6.07, 6.45) is 5.63. The van der Waals surface area contributed by atoms with Crippen LogP contribution in [0.3, 0.4) is 0 Å². The first kappa shape index (κ1) is 12.6. The summed E-state index contributed by atoms with van der Waals surface area (Å²) in [4.78, 5) is 0. The van der Waals surface area contributed by atoms with Gasteiger partial charge in [0.15, 0.2) is 9.84 Å². The summed E-state index contributed by atoms with van der Waals surface area (Å²) in [5, 5.41) is 0. The third kappa shape index (κ3) is 3.55. The van der Waals surface area contributed by atoms with Crippen LogP contribution >= 0.6 is 0 Å². The van der Waals surface area contributed by atoms with E-state index in [1.165, 1.54) is 0 Å². The van der Waals surface area contributed by atoms with Gasteiger partial charge in [-0.1, -0.05) is 0 Å². The van der Waals surface area contributed by atoms with Crippen LogP contribution in [0.25, 0.3) is 0 Å². The van der Waals surface area contributed by atoms with E-state index in [9.17, 15) is 8.42 Å². The SMILES string of the molecule is NNC(Cc1ccoc1)CC1CCS(=O)(=O)C1. The third-order valence-electron chi connectivity index (χ3n) is 3.24. The van der Waals surface area contributed by atoms with Crippen molar-refractivity contribution >= 4 is 9.84 Å². The molecule has 0 saturated carbocycles. The van der Waals surface area contributed by atoms with Crippen molar-refractivity contribution < 1.29 is 12.8 Å². The first-order valence-electron chi connectivity index (χ1n) is 5.76. The molecule has 0 spiro atoms. The summed E-state index contributed by atoms with van der Waals surface area (Å²) in [5.41, 5.74) is 3.84. The largest absolute Gasteiger partial charge is 0.472 e. The highest BCUT2D eigenvalue weighted by atomic mass is 32.2. The van der Waals surface area contributed by atoms with Crippen molar-refractivity contribution in [1.29, 1.82) is 0 Å². The van der Waals surface area contributed by atoms with Gasteiger partial charge in [-0.2, -0.15) is 0 Å². The molecule has 5 nitrogen and oxygen atoms in total. The van der Waals surface area contributed by atoms with Gasteiger partial charge in [0.25, 0.3) is 0 Å². The molecule has 17 heavy (non-hydrogen) atoms. The molecule has 6 heteroatoms. The minimum atomic E-state index is -2.80. The Bertz CT molecular complexity index is 441. The molecule has 1 aliphatic rings. The summed E-state index contributed by atoms with van der Waals surface area (Å²) >= 11 is 0. The molecule has 1 aliphatic heterocycles. The highest BCUT2D eigenvalue weighted by Gasteiger charge is 2.29. The third-order valence-corrected chi connectivity index (χ3v) is 5.08. The van der Waals surface area contributed by atoms with Crippen LogP contribution in [0.15, 0.2) is 23.0 Å². The number of hydrogen-bond donors (Lipinski definition) is 2. The summed E-state index contributed by atoms with van der Waals surface area (Å²) in [6.45, 7) is 0. The number of nitrogens with two attached hydrogens (primary N) is 1. The zero-order valence-corrected chi connectivity index (χ0v) is 10.4. The van der Waals surface area contributed by atoms with Crippen LogP contribution in [0.4, 0.5) is 0 Å². The van der Waals surface area contributed by atoms with Crippen molar-refractivity contribution in [3.05, 3.63) is 24.2 Å². The zero-order valence-electron chi connectivity index (χ0n) is 9.63. The number of hydrogen-bond acceptors (Lipinski definition) is 5. The highest BCUT2D eigenvalue weighted by Crippen LogP contribution is 2.23. The fraction of sp³-hybridized carbons (Fsp3) is 0.636. The molecule has 0 aromatic carbocycles. The summed E-state index contributed by atoms with van der Waals surface area (Å²) in [5.74, 6) is 6.36. The molecular formula is C11H18N2O3S. The maximum Gasteiger partial charge on any atom is 0.150 e. The van der Waals surface area contributed by atoms with Gasteiger partial charge >= 0.3 is 0 Å². The molecule has 0 radical (unpaired) electrons. The fourth-order valence-corrected chi connectivity index (χ4v) is 4.24. The zero-order chi connectivity index (χ0) is 12.3. The lowest BCUT2D eigenvalue weighted by atomic mass is 9.96. The smallest absolute Gasteiger partial charge is 0.150 e. The lowest BCUT2D eigenvalue weighted by Gasteiger charge is -2.18. The van der Waals surface area contributed by atoms with Crippen molar-refractivity contribution in [3.8, 4) is 0 Å². The van der Waals surface area contributed by atoms with Crippen molar-refractivity contribution in [2.45, 2.75) is 25.3 Å². The second-order valence-electron chi connectivity index (χ2n) is 4.70. The minimum Gasteiger partial charge on any atom is -0.472 e.